The molecule has 0 bridgehead atoms. The highest BCUT2D eigenvalue weighted by molar-refractivity contribution is 7.07. The third-order valence-corrected chi connectivity index (χ3v) is 8.80. The second kappa shape index (κ2) is 83.9. The second-order valence-corrected chi connectivity index (χ2v) is 16.0. The van der Waals surface area contributed by atoms with Crippen LogP contribution in [0, 0.1) is 83.1 Å². The van der Waals surface area contributed by atoms with E-state index in [9.17, 15) is 0 Å². The van der Waals surface area contributed by atoms with Crippen molar-refractivity contribution in [1.29, 1.82) is 0 Å². The van der Waals surface area contributed by atoms with Gasteiger partial charge in [-0.25, -0.2) is 19.3 Å². The quantitative estimate of drug-likeness (QED) is 0.110. The predicted molar refractivity (Wildman–Crippen MR) is 368 cm³/mol. The van der Waals surface area contributed by atoms with Crippen LogP contribution in [0.4, 0.5) is 0 Å². The van der Waals surface area contributed by atoms with E-state index in [0.717, 1.165) is 39.2 Å². The summed E-state index contributed by atoms with van der Waals surface area (Å²) in [6.07, 6.45) is 24.1. The van der Waals surface area contributed by atoms with Gasteiger partial charge in [0.15, 0.2) is 12.2 Å². The van der Waals surface area contributed by atoms with Crippen molar-refractivity contribution in [3.05, 3.63) is 183 Å². The van der Waals surface area contributed by atoms with Gasteiger partial charge in [-0.2, -0.15) is 19.6 Å². The molecule has 0 radical (unpaired) electrons. The minimum atomic E-state index is 0.623. The zero-order valence-electron chi connectivity index (χ0n) is 58.7. The van der Waals surface area contributed by atoms with Gasteiger partial charge < -0.3 is 28.0 Å². The Bertz CT molecular complexity index is 2070. The van der Waals surface area contributed by atoms with Crippen molar-refractivity contribution in [3.63, 3.8) is 0 Å². The van der Waals surface area contributed by atoms with Crippen molar-refractivity contribution >= 4 is 34.4 Å². The van der Waals surface area contributed by atoms with Gasteiger partial charge in [0.05, 0.1) is 29.9 Å². The lowest BCUT2D eigenvalue weighted by Gasteiger charge is -1.74. The summed E-state index contributed by atoms with van der Waals surface area (Å²) in [5.41, 5.74) is 10.9. The fraction of sp³-hybridized carbons (Fsp3) is 0.500. The number of aromatic nitrogens is 18. The molecule has 0 aromatic carbocycles. The summed E-state index contributed by atoms with van der Waals surface area (Å²) < 4.78 is 23.3. The molecular formula is C62H116N18O3S3. The number of H-pyrrole nitrogens is 4. The Morgan fingerprint density at radius 1 is 0.558 bits per heavy atom. The van der Waals surface area contributed by atoms with Gasteiger partial charge in [-0.1, -0.05) is 135 Å². The van der Waals surface area contributed by atoms with E-state index in [1.54, 1.807) is 86.0 Å². The van der Waals surface area contributed by atoms with Crippen molar-refractivity contribution < 1.29 is 13.5 Å². The summed E-state index contributed by atoms with van der Waals surface area (Å²) in [5.74, 6) is 2.19. The van der Waals surface area contributed by atoms with E-state index >= 15 is 0 Å². The maximum atomic E-state index is 4.60. The molecule has 21 nitrogen and oxygen atoms in total. The smallest absolute Gasteiger partial charge is 0.223 e. The van der Waals surface area contributed by atoms with Gasteiger partial charge in [0.2, 0.25) is 5.89 Å². The van der Waals surface area contributed by atoms with Gasteiger partial charge in [0.25, 0.3) is 0 Å². The third kappa shape index (κ3) is 80.7. The van der Waals surface area contributed by atoms with Gasteiger partial charge in [-0.15, -0.1) is 21.5 Å². The standard InChI is InChI=1S/C5H7N.C4H6N2O.C4H6N2S.3C4H6N2.2C4H5NO.2C4H5NS.C3H5N3.9C2H6/c1-5-2-3-6-4-5;2*1-3-5-4(2)7-6-3;1-4-2-5-3-6-4;1-4-2-5-6-3-4;1-4-2-3-5-6-4;1-4-2-6-3-5-4;1-4-2-5-6-3-4;1-4-2-6-3-5-4;1-4-2-5-6-3-4;1-6-2-4-5-3-6;9*1-2/h2-4,6H,1H3;2*1-2H3;3*2-3H,1H3,(H,5,6);5*2-3H,1H3;9*1-2H3. The Morgan fingerprint density at radius 3 is 1.30 bits per heavy atom. The number of nitrogens with one attached hydrogen (secondary N) is 4. The number of aromatic amines is 4. The molecule has 11 heterocycles. The third-order valence-electron chi connectivity index (χ3n) is 6.68. The van der Waals surface area contributed by atoms with Gasteiger partial charge in [0, 0.05) is 84.6 Å². The minimum Gasteiger partial charge on any atom is -0.452 e. The number of hydrogen-bond acceptors (Lipinski definition) is 19. The first-order chi connectivity index (χ1) is 41.6. The lowest BCUT2D eigenvalue weighted by Crippen LogP contribution is -1.76. The van der Waals surface area contributed by atoms with Crippen molar-refractivity contribution in [2.24, 2.45) is 7.05 Å². The summed E-state index contributed by atoms with van der Waals surface area (Å²) >= 11 is 4.56. The minimum absolute atomic E-state index is 0.623. The maximum absolute atomic E-state index is 4.60. The molecule has 490 valence electrons. The average Bonchev–Trinajstić information content (AvgIpc) is 4.36. The van der Waals surface area contributed by atoms with E-state index in [1.807, 2.05) is 247 Å². The van der Waals surface area contributed by atoms with E-state index in [-0.39, 0.29) is 0 Å². The summed E-state index contributed by atoms with van der Waals surface area (Å²) in [6, 6.07) is 3.94. The summed E-state index contributed by atoms with van der Waals surface area (Å²) in [5, 5.41) is 31.9. The molecule has 0 spiro atoms. The van der Waals surface area contributed by atoms with Crippen LogP contribution >= 0.6 is 34.4 Å². The van der Waals surface area contributed by atoms with Crippen LogP contribution in [0.2, 0.25) is 0 Å². The fourth-order valence-corrected chi connectivity index (χ4v) is 5.03. The second-order valence-electron chi connectivity index (χ2n) is 13.7. The molecule has 0 saturated carbocycles. The van der Waals surface area contributed by atoms with Gasteiger partial charge in [0.1, 0.15) is 36.0 Å². The first-order valence-electron chi connectivity index (χ1n) is 29.3. The Labute approximate surface area is 532 Å². The molecule has 0 aliphatic rings. The van der Waals surface area contributed by atoms with Crippen LogP contribution in [-0.2, 0) is 7.05 Å². The number of imidazole rings is 1. The van der Waals surface area contributed by atoms with E-state index in [1.165, 1.54) is 46.1 Å². The molecular weight excluding hydrogens is 1140 g/mol. The van der Waals surface area contributed by atoms with Crippen molar-refractivity contribution in [2.45, 2.75) is 208 Å². The largest absolute Gasteiger partial charge is 0.452 e. The molecule has 0 fully saturated rings. The van der Waals surface area contributed by atoms with Crippen LogP contribution in [0.3, 0.4) is 0 Å². The predicted octanol–water partition coefficient (Wildman–Crippen LogP) is 19.2. The normalized spacial score (nSPS) is 7.71. The first-order valence-corrected chi connectivity index (χ1v) is 31.9. The Morgan fingerprint density at radius 2 is 1.17 bits per heavy atom. The molecule has 0 amide bonds. The van der Waals surface area contributed by atoms with Gasteiger partial charge >= 0.3 is 0 Å². The molecule has 11 rings (SSSR count). The highest BCUT2D eigenvalue weighted by Gasteiger charge is 1.90. The number of oxazole rings is 1. The van der Waals surface area contributed by atoms with Crippen LogP contribution in [0.25, 0.3) is 0 Å². The van der Waals surface area contributed by atoms with Crippen LogP contribution in [0.5, 0.6) is 0 Å². The average molecular weight is 1260 g/mol. The zero-order chi connectivity index (χ0) is 68.2. The SMILES string of the molecule is CC.CC.CC.CC.CC.CC.CC.CC.CC.Cc1cc[nH]c1.Cc1ccn[nH]1.Cc1cn[nH]c1.Cc1cnc[nH]1.Cc1cnoc1.Cc1cnsc1.Cc1cocn1.Cc1cscn1.Cc1noc(C)n1.Cc1nsc(C)n1.Cn1cnnc1. The topological polar surface area (TPSA) is 275 Å². The highest BCUT2D eigenvalue weighted by atomic mass is 32.1. The maximum Gasteiger partial charge on any atom is 0.223 e. The highest BCUT2D eigenvalue weighted by Crippen LogP contribution is 1.99. The molecule has 11 aromatic heterocycles. The number of thiazole rings is 1. The van der Waals surface area contributed by atoms with Crippen LogP contribution < -0.4 is 0 Å². The molecule has 4 N–H and O–H groups in total. The molecule has 24 heteroatoms. The Hall–Kier alpha value is -7.57. The van der Waals surface area contributed by atoms with E-state index in [2.05, 4.69) is 105 Å². The number of rotatable bonds is 0. The van der Waals surface area contributed by atoms with E-state index in [4.69, 9.17) is 0 Å². The van der Waals surface area contributed by atoms with Gasteiger partial charge in [-0.3, -0.25) is 15.2 Å². The first kappa shape index (κ1) is 97.5. The molecule has 0 unspecified atom stereocenters. The molecule has 0 saturated heterocycles. The van der Waals surface area contributed by atoms with E-state index < -0.39 is 0 Å². The summed E-state index contributed by atoms with van der Waals surface area (Å²) in [4.78, 5) is 25.1. The molecule has 0 aliphatic heterocycles. The summed E-state index contributed by atoms with van der Waals surface area (Å²) in [6.45, 7) is 59.2. The van der Waals surface area contributed by atoms with Crippen molar-refractivity contribution in [1.82, 2.24) is 89.1 Å². The number of hydrogen-bond donors (Lipinski definition) is 4. The fourth-order valence-electron chi connectivity index (χ4n) is 3.49. The van der Waals surface area contributed by atoms with Crippen LogP contribution in [-0.4, -0.2) is 89.1 Å². The number of nitrogens with zero attached hydrogens (tertiary/aromatic N) is 14. The Kier molecular flexibility index (Phi) is 95.1. The molecule has 11 aromatic rings. The summed E-state index contributed by atoms with van der Waals surface area (Å²) in [7, 11) is 1.88. The van der Waals surface area contributed by atoms with Crippen LogP contribution in [0.15, 0.2) is 129 Å². The van der Waals surface area contributed by atoms with Crippen molar-refractivity contribution in [3.8, 4) is 0 Å². The lowest BCUT2D eigenvalue weighted by atomic mass is 10.4. The van der Waals surface area contributed by atoms with Crippen LogP contribution in [0.1, 0.15) is 192 Å². The monoisotopic (exact) mass is 1260 g/mol. The molecule has 86 heavy (non-hydrogen) atoms. The zero-order valence-corrected chi connectivity index (χ0v) is 61.1. The van der Waals surface area contributed by atoms with E-state index in [0.29, 0.717) is 11.7 Å². The lowest BCUT2D eigenvalue weighted by molar-refractivity contribution is 0.389. The number of aryl methyl sites for hydroxylation is 13. The van der Waals surface area contributed by atoms with Gasteiger partial charge in [-0.05, 0) is 128 Å². The molecule has 0 aliphatic carbocycles. The van der Waals surface area contributed by atoms with Crippen molar-refractivity contribution in [2.75, 3.05) is 0 Å². The molecule has 0 atom stereocenters. The Balaban J connectivity index is -0.000000106.